The van der Waals surface area contributed by atoms with Crippen LogP contribution in [0.1, 0.15) is 37.0 Å². The van der Waals surface area contributed by atoms with Crippen LogP contribution < -0.4 is 4.74 Å². The molecule has 0 N–H and O–H groups in total. The fraction of sp³-hybridized carbons (Fsp3) is 0.550. The molecular weight excluding hydrogens is 431 g/mol. The minimum Gasteiger partial charge on any atom is -0.493 e. The normalized spacial score (nSPS) is 10.7. The van der Waals surface area contributed by atoms with E-state index >= 15 is 0 Å². The van der Waals surface area contributed by atoms with Gasteiger partial charge in [-0.05, 0) is 38.8 Å². The summed E-state index contributed by atoms with van der Waals surface area (Å²) in [5.41, 5.74) is 0.432. The summed E-state index contributed by atoms with van der Waals surface area (Å²) in [7, 11) is 1.89. The number of rotatable bonds is 17. The zero-order valence-electron chi connectivity index (χ0n) is 17.0. The Hall–Kier alpha value is -0.940. The Morgan fingerprint density at radius 1 is 1.03 bits per heavy atom. The average Bonchev–Trinajstić information content (AvgIpc) is 2.73. The first-order valence-corrected chi connectivity index (χ1v) is 13.1. The molecule has 1 rings (SSSR count). The van der Waals surface area contributed by atoms with Crippen molar-refractivity contribution < 1.29 is 27.8 Å². The monoisotopic (exact) mass is 460 g/mol. The Morgan fingerprint density at radius 3 is 2.48 bits per heavy atom. The van der Waals surface area contributed by atoms with Crippen molar-refractivity contribution in [1.29, 1.82) is 0 Å². The summed E-state index contributed by atoms with van der Waals surface area (Å²) >= 11 is 0. The van der Waals surface area contributed by atoms with Gasteiger partial charge in [-0.15, -0.1) is 6.42 Å². The van der Waals surface area contributed by atoms with Crippen LogP contribution in [0.5, 0.6) is 5.75 Å². The lowest BCUT2D eigenvalue weighted by Crippen LogP contribution is -2.10. The highest BCUT2D eigenvalue weighted by molar-refractivity contribution is 8.76. The molecular formula is C20H29O6PS2. The molecule has 0 saturated heterocycles. The maximum atomic E-state index is 12.3. The lowest BCUT2D eigenvalue weighted by Gasteiger charge is -2.15. The zero-order chi connectivity index (χ0) is 21.2. The van der Waals surface area contributed by atoms with Crippen LogP contribution in [0.25, 0.3) is 0 Å². The number of carbonyl (C=O) groups is 1. The average molecular weight is 461 g/mol. The number of hydrogen-bond acceptors (Lipinski definition) is 8. The highest BCUT2D eigenvalue weighted by atomic mass is 33.1. The zero-order valence-corrected chi connectivity index (χ0v) is 19.5. The fourth-order valence-corrected chi connectivity index (χ4v) is 4.35. The van der Waals surface area contributed by atoms with Crippen LogP contribution in [0.2, 0.25) is 0 Å². The SMILES string of the molecule is C#CCSSCCOC(=O)c1ccccc1OCCCCOP(OCC)OCC. The summed E-state index contributed by atoms with van der Waals surface area (Å²) in [6, 6.07) is 7.10. The number of ether oxygens (including phenoxy) is 2. The summed E-state index contributed by atoms with van der Waals surface area (Å²) in [5.74, 6) is 4.02. The minimum absolute atomic E-state index is 0.329. The van der Waals surface area contributed by atoms with E-state index in [2.05, 4.69) is 5.92 Å². The van der Waals surface area contributed by atoms with Crippen molar-refractivity contribution in [3.8, 4) is 18.1 Å². The molecule has 6 nitrogen and oxygen atoms in total. The van der Waals surface area contributed by atoms with Gasteiger partial charge in [0.05, 0.1) is 32.2 Å². The Morgan fingerprint density at radius 2 is 1.76 bits per heavy atom. The van der Waals surface area contributed by atoms with Gasteiger partial charge in [0.1, 0.15) is 17.9 Å². The minimum atomic E-state index is -1.27. The number of para-hydroxylation sites is 1. The molecule has 0 spiro atoms. The summed E-state index contributed by atoms with van der Waals surface area (Å²) < 4.78 is 27.5. The number of terminal acetylenes is 1. The van der Waals surface area contributed by atoms with Gasteiger partial charge in [-0.2, -0.15) is 0 Å². The van der Waals surface area contributed by atoms with Crippen molar-refractivity contribution in [2.45, 2.75) is 26.7 Å². The molecule has 162 valence electrons. The number of unbranched alkanes of at least 4 members (excludes halogenated alkanes) is 1. The fourth-order valence-electron chi connectivity index (χ4n) is 1.99. The number of hydrogen-bond donors (Lipinski definition) is 0. The summed E-state index contributed by atoms with van der Waals surface area (Å²) in [5, 5.41) is 0. The van der Waals surface area contributed by atoms with E-state index in [1.165, 1.54) is 0 Å². The number of carbonyl (C=O) groups excluding carboxylic acids is 1. The molecule has 0 bridgehead atoms. The topological polar surface area (TPSA) is 63.2 Å². The molecule has 29 heavy (non-hydrogen) atoms. The van der Waals surface area contributed by atoms with Crippen molar-refractivity contribution >= 4 is 36.2 Å². The van der Waals surface area contributed by atoms with E-state index in [9.17, 15) is 4.79 Å². The smallest absolute Gasteiger partial charge is 0.341 e. The number of benzene rings is 1. The Kier molecular flexibility index (Phi) is 16.1. The van der Waals surface area contributed by atoms with Gasteiger partial charge in [-0.1, -0.05) is 39.6 Å². The molecule has 9 heteroatoms. The van der Waals surface area contributed by atoms with Crippen molar-refractivity contribution in [3.63, 3.8) is 0 Å². The van der Waals surface area contributed by atoms with Crippen LogP contribution in [0, 0.1) is 12.3 Å². The number of esters is 1. The van der Waals surface area contributed by atoms with E-state index in [4.69, 9.17) is 29.5 Å². The first kappa shape index (κ1) is 26.1. The third kappa shape index (κ3) is 12.4. The molecule has 0 saturated carbocycles. The van der Waals surface area contributed by atoms with Crippen molar-refractivity contribution in [3.05, 3.63) is 29.8 Å². The molecule has 0 radical (unpaired) electrons. The second-order valence-electron chi connectivity index (χ2n) is 5.37. The van der Waals surface area contributed by atoms with E-state index in [0.29, 0.717) is 55.9 Å². The van der Waals surface area contributed by atoms with E-state index in [1.54, 1.807) is 39.8 Å². The Bertz CT molecular complexity index is 605. The van der Waals surface area contributed by atoms with E-state index in [1.807, 2.05) is 19.9 Å². The van der Waals surface area contributed by atoms with Gasteiger partial charge in [0.25, 0.3) is 0 Å². The maximum absolute atomic E-state index is 12.3. The summed E-state index contributed by atoms with van der Waals surface area (Å²) in [4.78, 5) is 12.3. The van der Waals surface area contributed by atoms with E-state index in [-0.39, 0.29) is 5.97 Å². The van der Waals surface area contributed by atoms with Gasteiger partial charge >= 0.3 is 14.6 Å². The standard InChI is InChI=1S/C20H29O6PS2/c1-4-16-28-29-17-15-23-20(21)18-11-7-8-12-19(18)22-13-9-10-14-26-27(24-5-2)25-6-3/h1,7-8,11-12H,5-6,9-10,13-17H2,2-3H3. The third-order valence-electron chi connectivity index (χ3n) is 3.19. The van der Waals surface area contributed by atoms with E-state index < -0.39 is 8.60 Å². The molecule has 0 aromatic heterocycles. The molecule has 0 heterocycles. The highest BCUT2D eigenvalue weighted by Crippen LogP contribution is 2.39. The van der Waals surface area contributed by atoms with Crippen LogP contribution >= 0.6 is 30.2 Å². The largest absolute Gasteiger partial charge is 0.493 e. The predicted octanol–water partition coefficient (Wildman–Crippen LogP) is 5.33. The molecule has 1 aromatic carbocycles. The molecule has 0 aliphatic carbocycles. The van der Waals surface area contributed by atoms with Gasteiger partial charge < -0.3 is 23.0 Å². The van der Waals surface area contributed by atoms with E-state index in [0.717, 1.165) is 12.8 Å². The van der Waals surface area contributed by atoms with Crippen molar-refractivity contribution in [2.75, 3.05) is 44.5 Å². The van der Waals surface area contributed by atoms with Crippen LogP contribution in [-0.4, -0.2) is 50.5 Å². The van der Waals surface area contributed by atoms with Crippen LogP contribution in [-0.2, 0) is 18.3 Å². The van der Waals surface area contributed by atoms with Crippen molar-refractivity contribution in [2.24, 2.45) is 0 Å². The second-order valence-corrected chi connectivity index (χ2v) is 9.17. The summed E-state index contributed by atoms with van der Waals surface area (Å²) in [6.45, 7) is 6.28. The van der Waals surface area contributed by atoms with Crippen LogP contribution in [0.15, 0.2) is 24.3 Å². The van der Waals surface area contributed by atoms with Gasteiger partial charge in [0.15, 0.2) is 0 Å². The first-order valence-electron chi connectivity index (χ1n) is 9.48. The first-order chi connectivity index (χ1) is 14.2. The lowest BCUT2D eigenvalue weighted by atomic mass is 10.2. The molecule has 0 amide bonds. The molecule has 1 aromatic rings. The van der Waals surface area contributed by atoms with Gasteiger partial charge in [-0.25, -0.2) is 4.79 Å². The van der Waals surface area contributed by atoms with Gasteiger partial charge in [0.2, 0.25) is 0 Å². The van der Waals surface area contributed by atoms with Crippen LogP contribution in [0.4, 0.5) is 0 Å². The Labute approximate surface area is 183 Å². The molecule has 0 atom stereocenters. The molecule has 0 aliphatic heterocycles. The molecule has 0 unspecified atom stereocenters. The van der Waals surface area contributed by atoms with Crippen LogP contribution in [0.3, 0.4) is 0 Å². The Balaban J connectivity index is 2.29. The molecule has 0 fully saturated rings. The van der Waals surface area contributed by atoms with Crippen molar-refractivity contribution in [1.82, 2.24) is 0 Å². The van der Waals surface area contributed by atoms with Gasteiger partial charge in [0, 0.05) is 5.75 Å². The predicted molar refractivity (Wildman–Crippen MR) is 121 cm³/mol. The third-order valence-corrected chi connectivity index (χ3v) is 6.66. The second kappa shape index (κ2) is 17.9. The molecule has 0 aliphatic rings. The van der Waals surface area contributed by atoms with Gasteiger partial charge in [-0.3, -0.25) is 0 Å². The maximum Gasteiger partial charge on any atom is 0.341 e. The lowest BCUT2D eigenvalue weighted by molar-refractivity contribution is 0.0525. The quantitative estimate of drug-likeness (QED) is 0.102. The highest BCUT2D eigenvalue weighted by Gasteiger charge is 2.14. The summed E-state index contributed by atoms with van der Waals surface area (Å²) in [6.07, 6.45) is 6.78.